The number of benzene rings is 1. The molecule has 0 saturated carbocycles. The van der Waals surface area contributed by atoms with Crippen LogP contribution >= 0.6 is 0 Å². The first-order valence-electron chi connectivity index (χ1n) is 6.27. The first kappa shape index (κ1) is 14.0. The molecule has 5 heteroatoms. The van der Waals surface area contributed by atoms with Crippen molar-refractivity contribution in [2.45, 2.75) is 13.5 Å². The zero-order chi connectivity index (χ0) is 14.5. The van der Waals surface area contributed by atoms with Gasteiger partial charge in [-0.15, -0.1) is 0 Å². The molecule has 1 aromatic carbocycles. The Balaban J connectivity index is 2.14. The summed E-state index contributed by atoms with van der Waals surface area (Å²) in [6.45, 7) is 2.31. The fourth-order valence-corrected chi connectivity index (χ4v) is 1.94. The highest BCUT2D eigenvalue weighted by Gasteiger charge is 2.13. The van der Waals surface area contributed by atoms with Gasteiger partial charge in [0.05, 0.1) is 11.3 Å². The van der Waals surface area contributed by atoms with E-state index in [1.807, 2.05) is 13.0 Å². The molecule has 0 aliphatic heterocycles. The fraction of sp³-hybridized carbons (Fsp3) is 0.200. The summed E-state index contributed by atoms with van der Waals surface area (Å²) in [6, 6.07) is 6.27. The number of nitrogens with one attached hydrogen (secondary N) is 2. The minimum Gasteiger partial charge on any atom is -0.385 e. The Labute approximate surface area is 117 Å². The predicted octanol–water partition coefficient (Wildman–Crippen LogP) is 2.50. The molecule has 0 atom stereocenters. The molecule has 104 valence electrons. The van der Waals surface area contributed by atoms with Crippen molar-refractivity contribution in [2.75, 3.05) is 12.4 Å². The van der Waals surface area contributed by atoms with Gasteiger partial charge in [-0.25, -0.2) is 4.39 Å². The molecule has 0 unspecified atom stereocenters. The molecule has 1 heterocycles. The smallest absolute Gasteiger partial charge is 0.253 e. The van der Waals surface area contributed by atoms with Crippen LogP contribution in [-0.4, -0.2) is 17.9 Å². The number of halogens is 1. The lowest BCUT2D eigenvalue weighted by molar-refractivity contribution is 0.0951. The maximum Gasteiger partial charge on any atom is 0.253 e. The van der Waals surface area contributed by atoms with E-state index in [2.05, 4.69) is 15.6 Å². The van der Waals surface area contributed by atoms with Crippen molar-refractivity contribution in [3.05, 3.63) is 59.2 Å². The van der Waals surface area contributed by atoms with E-state index in [1.165, 1.54) is 12.1 Å². The van der Waals surface area contributed by atoms with Gasteiger partial charge >= 0.3 is 0 Å². The second kappa shape index (κ2) is 6.14. The Hall–Kier alpha value is -2.43. The van der Waals surface area contributed by atoms with Crippen LogP contribution in [0.5, 0.6) is 0 Å². The van der Waals surface area contributed by atoms with E-state index in [9.17, 15) is 9.18 Å². The standard InChI is InChI=1S/C15H16FN3O/c1-10-8-18-7-6-11(10)9-19-15(20)12-4-3-5-13(16)14(12)17-2/h3-8,17H,9H2,1-2H3,(H,19,20). The van der Waals surface area contributed by atoms with Gasteiger partial charge < -0.3 is 10.6 Å². The summed E-state index contributed by atoms with van der Waals surface area (Å²) in [5.41, 5.74) is 2.48. The predicted molar refractivity (Wildman–Crippen MR) is 76.1 cm³/mol. The Morgan fingerprint density at radius 2 is 2.15 bits per heavy atom. The van der Waals surface area contributed by atoms with Gasteiger partial charge in [-0.3, -0.25) is 9.78 Å². The number of hydrogen-bond donors (Lipinski definition) is 2. The first-order valence-corrected chi connectivity index (χ1v) is 6.27. The van der Waals surface area contributed by atoms with Crippen LogP contribution in [0, 0.1) is 12.7 Å². The summed E-state index contributed by atoms with van der Waals surface area (Å²) in [4.78, 5) is 16.1. The van der Waals surface area contributed by atoms with Crippen molar-refractivity contribution in [2.24, 2.45) is 0 Å². The zero-order valence-corrected chi connectivity index (χ0v) is 11.4. The SMILES string of the molecule is CNc1c(F)cccc1C(=O)NCc1ccncc1C. The number of aromatic nitrogens is 1. The van der Waals surface area contributed by atoms with E-state index in [0.29, 0.717) is 12.1 Å². The second-order valence-electron chi connectivity index (χ2n) is 4.40. The van der Waals surface area contributed by atoms with Gasteiger partial charge in [-0.05, 0) is 36.2 Å². The fourth-order valence-electron chi connectivity index (χ4n) is 1.94. The topological polar surface area (TPSA) is 54.0 Å². The minimum atomic E-state index is -0.444. The summed E-state index contributed by atoms with van der Waals surface area (Å²) in [7, 11) is 1.59. The van der Waals surface area contributed by atoms with Crippen molar-refractivity contribution in [3.8, 4) is 0 Å². The molecule has 0 saturated heterocycles. The van der Waals surface area contributed by atoms with Crippen molar-refractivity contribution in [1.29, 1.82) is 0 Å². The van der Waals surface area contributed by atoms with Gasteiger partial charge in [0.2, 0.25) is 0 Å². The molecule has 0 radical (unpaired) electrons. The van der Waals surface area contributed by atoms with E-state index in [-0.39, 0.29) is 11.6 Å². The number of rotatable bonds is 4. The average Bonchev–Trinajstić information content (AvgIpc) is 2.46. The van der Waals surface area contributed by atoms with Crippen LogP contribution in [0.1, 0.15) is 21.5 Å². The Morgan fingerprint density at radius 1 is 1.35 bits per heavy atom. The van der Waals surface area contributed by atoms with Gasteiger partial charge in [0.1, 0.15) is 5.82 Å². The molecule has 0 aliphatic carbocycles. The first-order chi connectivity index (χ1) is 9.63. The number of para-hydroxylation sites is 1. The number of carbonyl (C=O) groups is 1. The van der Waals surface area contributed by atoms with E-state index in [4.69, 9.17) is 0 Å². The van der Waals surface area contributed by atoms with Gasteiger partial charge in [-0.2, -0.15) is 0 Å². The molecule has 2 N–H and O–H groups in total. The van der Waals surface area contributed by atoms with Crippen LogP contribution in [0.4, 0.5) is 10.1 Å². The zero-order valence-electron chi connectivity index (χ0n) is 11.4. The van der Waals surface area contributed by atoms with Crippen LogP contribution in [0.2, 0.25) is 0 Å². The summed E-state index contributed by atoms with van der Waals surface area (Å²) < 4.78 is 13.6. The molecule has 20 heavy (non-hydrogen) atoms. The Morgan fingerprint density at radius 3 is 2.85 bits per heavy atom. The van der Waals surface area contributed by atoms with E-state index in [1.54, 1.807) is 25.5 Å². The summed E-state index contributed by atoms with van der Waals surface area (Å²) in [6.07, 6.45) is 3.42. The van der Waals surface area contributed by atoms with Crippen LogP contribution in [-0.2, 0) is 6.54 Å². The summed E-state index contributed by atoms with van der Waals surface area (Å²) in [5, 5.41) is 5.49. The molecule has 2 rings (SSSR count). The van der Waals surface area contributed by atoms with Crippen molar-refractivity contribution < 1.29 is 9.18 Å². The van der Waals surface area contributed by atoms with Gasteiger partial charge in [-0.1, -0.05) is 6.07 Å². The normalized spacial score (nSPS) is 10.2. The third kappa shape index (κ3) is 2.93. The average molecular weight is 273 g/mol. The molecule has 0 bridgehead atoms. The molecule has 4 nitrogen and oxygen atoms in total. The number of nitrogens with zero attached hydrogens (tertiary/aromatic N) is 1. The molecule has 1 aromatic heterocycles. The number of carbonyl (C=O) groups excluding carboxylic acids is 1. The maximum absolute atomic E-state index is 13.6. The minimum absolute atomic E-state index is 0.205. The van der Waals surface area contributed by atoms with E-state index in [0.717, 1.165) is 11.1 Å². The number of pyridine rings is 1. The summed E-state index contributed by atoms with van der Waals surface area (Å²) >= 11 is 0. The van der Waals surface area contributed by atoms with Crippen molar-refractivity contribution in [1.82, 2.24) is 10.3 Å². The van der Waals surface area contributed by atoms with Crippen molar-refractivity contribution in [3.63, 3.8) is 0 Å². The molecule has 2 aromatic rings. The molecular formula is C15H16FN3O. The van der Waals surface area contributed by atoms with Crippen LogP contribution in [0.3, 0.4) is 0 Å². The van der Waals surface area contributed by atoms with Crippen LogP contribution in [0.15, 0.2) is 36.7 Å². The number of amides is 1. The van der Waals surface area contributed by atoms with Gasteiger partial charge in [0, 0.05) is 26.0 Å². The molecule has 0 aliphatic rings. The van der Waals surface area contributed by atoms with Crippen LogP contribution < -0.4 is 10.6 Å². The number of anilines is 1. The lowest BCUT2D eigenvalue weighted by Crippen LogP contribution is -2.24. The highest BCUT2D eigenvalue weighted by molar-refractivity contribution is 5.99. The van der Waals surface area contributed by atoms with Crippen molar-refractivity contribution >= 4 is 11.6 Å². The lowest BCUT2D eigenvalue weighted by atomic mass is 10.1. The molecule has 0 spiro atoms. The monoisotopic (exact) mass is 273 g/mol. The van der Waals surface area contributed by atoms with Crippen LogP contribution in [0.25, 0.3) is 0 Å². The molecular weight excluding hydrogens is 257 g/mol. The third-order valence-corrected chi connectivity index (χ3v) is 3.08. The Kier molecular flexibility index (Phi) is 4.30. The van der Waals surface area contributed by atoms with E-state index >= 15 is 0 Å². The number of aryl methyl sites for hydroxylation is 1. The Bertz CT molecular complexity index is 628. The molecule has 1 amide bonds. The quantitative estimate of drug-likeness (QED) is 0.900. The van der Waals surface area contributed by atoms with Gasteiger partial charge in [0.25, 0.3) is 5.91 Å². The maximum atomic E-state index is 13.6. The molecule has 0 fully saturated rings. The third-order valence-electron chi connectivity index (χ3n) is 3.08. The highest BCUT2D eigenvalue weighted by atomic mass is 19.1. The lowest BCUT2D eigenvalue weighted by Gasteiger charge is -2.11. The highest BCUT2D eigenvalue weighted by Crippen LogP contribution is 2.19. The second-order valence-corrected chi connectivity index (χ2v) is 4.40. The number of hydrogen-bond acceptors (Lipinski definition) is 3. The van der Waals surface area contributed by atoms with Gasteiger partial charge in [0.15, 0.2) is 0 Å². The summed E-state index contributed by atoms with van der Waals surface area (Å²) in [5.74, 6) is -0.759. The largest absolute Gasteiger partial charge is 0.385 e. The van der Waals surface area contributed by atoms with E-state index < -0.39 is 5.82 Å².